The molecule has 2 unspecified atom stereocenters. The number of aliphatic imine (C=N–C) groups is 1. The maximum atomic E-state index is 13.3. The number of thioether (sulfide) groups is 2. The van der Waals surface area contributed by atoms with E-state index in [2.05, 4.69) is 26.0 Å². The van der Waals surface area contributed by atoms with Gasteiger partial charge in [0.05, 0.1) is 17.6 Å². The lowest BCUT2D eigenvalue weighted by molar-refractivity contribution is -0.150. The summed E-state index contributed by atoms with van der Waals surface area (Å²) in [5.41, 5.74) is 9.54. The van der Waals surface area contributed by atoms with Crippen molar-refractivity contribution in [2.24, 2.45) is 10.1 Å². The van der Waals surface area contributed by atoms with Crippen molar-refractivity contribution in [3.63, 3.8) is 0 Å². The van der Waals surface area contributed by atoms with Gasteiger partial charge in [-0.05, 0) is 25.5 Å². The van der Waals surface area contributed by atoms with Crippen LogP contribution in [0.1, 0.15) is 26.0 Å². The number of carboxylic acid groups (broad SMARTS) is 2. The van der Waals surface area contributed by atoms with E-state index in [1.54, 1.807) is 11.2 Å². The number of aromatic nitrogens is 1. The number of hydrogen-bond acceptors (Lipinski definition) is 16. The number of aliphatic hydroxyl groups excluding tert-OH is 1. The summed E-state index contributed by atoms with van der Waals surface area (Å²) in [6.07, 6.45) is 2.22. The highest BCUT2D eigenvalue weighted by Gasteiger charge is 2.54. The van der Waals surface area contributed by atoms with E-state index in [1.807, 2.05) is 13.0 Å². The van der Waals surface area contributed by atoms with Crippen molar-refractivity contribution in [1.82, 2.24) is 30.8 Å². The monoisotopic (exact) mass is 665 g/mol. The van der Waals surface area contributed by atoms with E-state index in [-0.39, 0.29) is 46.9 Å². The number of aliphatic carboxylic acids is 2. The number of nitrogens with two attached hydrogens (primary N) is 1. The molecule has 0 aliphatic carbocycles. The number of hydrazine groups is 2. The van der Waals surface area contributed by atoms with Crippen LogP contribution >= 0.6 is 34.9 Å². The van der Waals surface area contributed by atoms with Crippen LogP contribution in [-0.4, -0.2) is 106 Å². The Labute approximate surface area is 262 Å². The number of carbonyl (C=O) groups is 4. The number of hydrogen-bond donors (Lipinski definition) is 6. The van der Waals surface area contributed by atoms with Gasteiger partial charge >= 0.3 is 11.9 Å². The first-order valence-electron chi connectivity index (χ1n) is 12.9. The molecule has 4 aliphatic heterocycles. The van der Waals surface area contributed by atoms with E-state index in [0.29, 0.717) is 11.4 Å². The number of nitrogens with one attached hydrogen (secondary N) is 2. The molecule has 17 nitrogen and oxygen atoms in total. The first-order valence-corrected chi connectivity index (χ1v) is 15.8. The highest BCUT2D eigenvalue weighted by atomic mass is 32.2. The number of carboxylic acids is 2. The Morgan fingerprint density at radius 2 is 2.14 bits per heavy atom. The van der Waals surface area contributed by atoms with Gasteiger partial charge in [0.25, 0.3) is 11.8 Å². The first-order chi connectivity index (χ1) is 21.0. The Hall–Kier alpha value is -4.11. The molecular formula is C24H27N9O8S3. The zero-order valence-corrected chi connectivity index (χ0v) is 25.6. The molecule has 0 aromatic carbocycles. The number of amides is 2. The number of anilines is 1. The zero-order chi connectivity index (χ0) is 31.7. The summed E-state index contributed by atoms with van der Waals surface area (Å²) in [6, 6.07) is -1.06. The second-order valence-electron chi connectivity index (χ2n) is 9.70. The van der Waals surface area contributed by atoms with Crippen LogP contribution in [0.5, 0.6) is 0 Å². The minimum Gasteiger partial charge on any atom is -0.481 e. The quantitative estimate of drug-likeness (QED) is 0.0970. The normalized spacial score (nSPS) is 22.0. The van der Waals surface area contributed by atoms with Gasteiger partial charge in [-0.1, -0.05) is 5.16 Å². The molecule has 4 aliphatic rings. The average Bonchev–Trinajstić information content (AvgIpc) is 3.59. The Morgan fingerprint density at radius 1 is 1.36 bits per heavy atom. The van der Waals surface area contributed by atoms with Gasteiger partial charge in [-0.15, -0.1) is 40.4 Å². The van der Waals surface area contributed by atoms with E-state index in [1.165, 1.54) is 40.8 Å². The lowest BCUT2D eigenvalue weighted by atomic mass is 10.0. The molecule has 44 heavy (non-hydrogen) atoms. The van der Waals surface area contributed by atoms with Crippen LogP contribution in [0.4, 0.5) is 5.13 Å². The largest absolute Gasteiger partial charge is 0.481 e. The number of thiazole rings is 1. The van der Waals surface area contributed by atoms with E-state index >= 15 is 0 Å². The third-order valence-corrected chi connectivity index (χ3v) is 9.52. The molecule has 1 fully saturated rings. The molecule has 1 aromatic rings. The molecule has 0 spiro atoms. The number of β-lactam (4-membered cyclic amide) rings is 1. The zero-order valence-electron chi connectivity index (χ0n) is 23.2. The van der Waals surface area contributed by atoms with Gasteiger partial charge in [0.1, 0.15) is 35.6 Å². The molecule has 7 N–H and O–H groups in total. The smallest absolute Gasteiger partial charge is 0.352 e. The second kappa shape index (κ2) is 12.9. The molecule has 3 atom stereocenters. The maximum absolute atomic E-state index is 13.3. The minimum atomic E-state index is -1.27. The fraction of sp³-hybridized carbons (Fsp3) is 0.375. The highest BCUT2D eigenvalue weighted by molar-refractivity contribution is 8.03. The Balaban J connectivity index is 1.29. The molecule has 1 saturated heterocycles. The molecular weight excluding hydrogens is 639 g/mol. The summed E-state index contributed by atoms with van der Waals surface area (Å²) in [7, 11) is 0. The molecule has 5 rings (SSSR count). The summed E-state index contributed by atoms with van der Waals surface area (Å²) >= 11 is 3.69. The standard InChI is InChI=1S/C24H27N9O8S3/c1-10-3-15(33-14(26-10)5-31(9-34)30-33)42-6-12-7-43-22-18(21(38)32(22)19(12)23(39)40)28-20(37)17(13-8-44-24(25)27-13)29-41-11(2)4-16(35)36/h3,5,8,11,18,22,30,34H,4,6-7,9H2,1-2H3,(H2,25,27)(H,28,37)(H,35,36)(H,39,40)/b29-17+/t11?,18?,22-/m1/s1. The summed E-state index contributed by atoms with van der Waals surface area (Å²) in [4.78, 5) is 64.7. The number of allylic oxidation sites excluding steroid dienone is 1. The van der Waals surface area contributed by atoms with Gasteiger partial charge < -0.3 is 31.2 Å². The lowest BCUT2D eigenvalue weighted by Gasteiger charge is -2.49. The van der Waals surface area contributed by atoms with Crippen LogP contribution in [0.3, 0.4) is 0 Å². The van der Waals surface area contributed by atoms with Gasteiger partial charge in [0.2, 0.25) is 0 Å². The van der Waals surface area contributed by atoms with Crippen LogP contribution in [0.15, 0.2) is 49.9 Å². The number of nitrogen functional groups attached to an aromatic ring is 1. The Bertz CT molecular complexity index is 1550. The van der Waals surface area contributed by atoms with Crippen LogP contribution < -0.4 is 16.6 Å². The first kappa shape index (κ1) is 31.3. The molecule has 0 radical (unpaired) electrons. The van der Waals surface area contributed by atoms with Crippen molar-refractivity contribution in [3.05, 3.63) is 45.5 Å². The summed E-state index contributed by atoms with van der Waals surface area (Å²) in [5, 5.41) is 39.7. The van der Waals surface area contributed by atoms with Gasteiger partial charge in [-0.3, -0.25) is 24.3 Å². The van der Waals surface area contributed by atoms with Gasteiger partial charge in [0, 0.05) is 22.6 Å². The summed E-state index contributed by atoms with van der Waals surface area (Å²) in [6.45, 7) is 3.00. The number of nitrogens with zero attached hydrogens (tertiary/aromatic N) is 6. The molecule has 0 bridgehead atoms. The van der Waals surface area contributed by atoms with Crippen molar-refractivity contribution in [2.75, 3.05) is 24.0 Å². The van der Waals surface area contributed by atoms with E-state index in [9.17, 15) is 29.4 Å². The predicted octanol–water partition coefficient (Wildman–Crippen LogP) is -0.117. The van der Waals surface area contributed by atoms with Crippen molar-refractivity contribution in [3.8, 4) is 0 Å². The maximum Gasteiger partial charge on any atom is 0.352 e. The van der Waals surface area contributed by atoms with Crippen LogP contribution in [0.25, 0.3) is 0 Å². The predicted molar refractivity (Wildman–Crippen MR) is 161 cm³/mol. The number of carbonyl (C=O) groups excluding carboxylic acids is 2. The molecule has 20 heteroatoms. The third-order valence-electron chi connectivity index (χ3n) is 6.42. The molecule has 234 valence electrons. The fourth-order valence-corrected chi connectivity index (χ4v) is 7.57. The van der Waals surface area contributed by atoms with Crippen LogP contribution in [0.2, 0.25) is 0 Å². The number of aliphatic hydroxyl groups is 1. The Kier molecular flexibility index (Phi) is 9.15. The van der Waals surface area contributed by atoms with Gasteiger partial charge in [-0.2, -0.15) is 0 Å². The van der Waals surface area contributed by atoms with Crippen molar-refractivity contribution >= 4 is 75.2 Å². The van der Waals surface area contributed by atoms with Crippen molar-refractivity contribution in [2.45, 2.75) is 37.8 Å². The van der Waals surface area contributed by atoms with E-state index in [0.717, 1.165) is 27.0 Å². The number of rotatable bonds is 12. The lowest BCUT2D eigenvalue weighted by Crippen LogP contribution is -2.71. The van der Waals surface area contributed by atoms with E-state index in [4.69, 9.17) is 15.7 Å². The summed E-state index contributed by atoms with van der Waals surface area (Å²) < 4.78 is 0. The minimum absolute atomic E-state index is 0.0720. The van der Waals surface area contributed by atoms with Gasteiger partial charge in [-0.25, -0.2) is 19.8 Å². The van der Waals surface area contributed by atoms with Gasteiger partial charge in [0.15, 0.2) is 16.7 Å². The third kappa shape index (κ3) is 6.38. The highest BCUT2D eigenvalue weighted by Crippen LogP contribution is 2.42. The second-order valence-corrected chi connectivity index (χ2v) is 12.7. The van der Waals surface area contributed by atoms with Crippen molar-refractivity contribution < 1.29 is 39.3 Å². The number of fused-ring (bicyclic) bond motifs is 2. The summed E-state index contributed by atoms with van der Waals surface area (Å²) in [5.74, 6) is -2.72. The molecule has 2 amide bonds. The Morgan fingerprint density at radius 3 is 2.80 bits per heavy atom. The molecule has 5 heterocycles. The fourth-order valence-electron chi connectivity index (χ4n) is 4.47. The van der Waals surface area contributed by atoms with Crippen LogP contribution in [0, 0.1) is 0 Å². The number of oxime groups is 1. The van der Waals surface area contributed by atoms with Crippen LogP contribution in [-0.2, 0) is 24.0 Å². The topological polar surface area (TPSA) is 236 Å². The SMILES string of the molecule is CC1=NC2=CN(CO)NN2C(SCC2=C(C(=O)O)N3C(=O)C(NC(=O)/C(=N/OC(C)CC(=O)O)c4csc(N)n4)[C@H]3SC2)=C1. The van der Waals surface area contributed by atoms with E-state index < -0.39 is 41.3 Å². The molecule has 1 aromatic heterocycles. The average molecular weight is 666 g/mol. The molecule has 0 saturated carbocycles. The van der Waals surface area contributed by atoms with Crippen molar-refractivity contribution in [1.29, 1.82) is 0 Å².